The normalized spacial score (nSPS) is 11.2. The van der Waals surface area contributed by atoms with E-state index in [0.717, 1.165) is 28.3 Å². The Morgan fingerprint density at radius 1 is 1.30 bits per heavy atom. The van der Waals surface area contributed by atoms with Crippen molar-refractivity contribution in [2.45, 2.75) is 20.3 Å². The maximum absolute atomic E-state index is 12.1. The van der Waals surface area contributed by atoms with Crippen LogP contribution in [0.4, 0.5) is 0 Å². The number of aromatic nitrogens is 3. The Bertz CT molecular complexity index is 848. The second-order valence-corrected chi connectivity index (χ2v) is 5.18. The summed E-state index contributed by atoms with van der Waals surface area (Å²) in [6.07, 6.45) is 0.844. The van der Waals surface area contributed by atoms with Crippen LogP contribution in [-0.4, -0.2) is 14.6 Å². The zero-order valence-corrected chi connectivity index (χ0v) is 12.0. The number of hydrogen-bond acceptors (Lipinski definition) is 2. The molecule has 4 nitrogen and oxygen atoms in total. The molecule has 2 heterocycles. The van der Waals surface area contributed by atoms with E-state index in [0.29, 0.717) is 11.3 Å². The van der Waals surface area contributed by atoms with Crippen LogP contribution in [0.2, 0.25) is 5.02 Å². The molecule has 1 N–H and O–H groups in total. The topological polar surface area (TPSA) is 50.2 Å². The molecule has 0 spiro atoms. The monoisotopic (exact) mass is 287 g/mol. The van der Waals surface area contributed by atoms with Crippen LogP contribution in [-0.2, 0) is 6.42 Å². The smallest absolute Gasteiger partial charge is 0.273 e. The molecule has 3 aromatic rings. The van der Waals surface area contributed by atoms with Gasteiger partial charge in [0.25, 0.3) is 5.56 Å². The van der Waals surface area contributed by atoms with E-state index < -0.39 is 0 Å². The summed E-state index contributed by atoms with van der Waals surface area (Å²) in [6.45, 7) is 3.94. The van der Waals surface area contributed by atoms with E-state index >= 15 is 0 Å². The third kappa shape index (κ3) is 2.12. The van der Waals surface area contributed by atoms with Gasteiger partial charge in [0, 0.05) is 28.4 Å². The first kappa shape index (κ1) is 12.9. The number of nitrogens with zero attached hydrogens (tertiary/aromatic N) is 2. The summed E-state index contributed by atoms with van der Waals surface area (Å²) in [5.41, 5.74) is 4.03. The van der Waals surface area contributed by atoms with E-state index in [1.165, 1.54) is 10.6 Å². The summed E-state index contributed by atoms with van der Waals surface area (Å²) in [5, 5.41) is 3.70. The van der Waals surface area contributed by atoms with Crippen LogP contribution in [0.3, 0.4) is 0 Å². The first-order valence-electron chi connectivity index (χ1n) is 6.46. The molecule has 0 unspecified atom stereocenters. The number of halogens is 1. The molecule has 0 amide bonds. The van der Waals surface area contributed by atoms with Gasteiger partial charge in [-0.05, 0) is 31.0 Å². The van der Waals surface area contributed by atoms with Gasteiger partial charge in [-0.25, -0.2) is 9.50 Å². The number of benzene rings is 1. The molecule has 3 rings (SSSR count). The highest BCUT2D eigenvalue weighted by Crippen LogP contribution is 2.24. The molecule has 2 aromatic heterocycles. The molecule has 0 fully saturated rings. The molecule has 20 heavy (non-hydrogen) atoms. The summed E-state index contributed by atoms with van der Waals surface area (Å²) in [7, 11) is 0. The molecule has 0 saturated carbocycles. The van der Waals surface area contributed by atoms with Gasteiger partial charge >= 0.3 is 0 Å². The molecule has 0 aliphatic rings. The molecule has 0 aliphatic heterocycles. The van der Waals surface area contributed by atoms with Crippen LogP contribution in [0.25, 0.3) is 16.9 Å². The summed E-state index contributed by atoms with van der Waals surface area (Å²) in [5.74, 6) is 0. The fraction of sp³-hybridized carbons (Fsp3) is 0.200. The summed E-state index contributed by atoms with van der Waals surface area (Å²) >= 11 is 6.12. The van der Waals surface area contributed by atoms with Crippen molar-refractivity contribution in [3.05, 3.63) is 57.0 Å². The van der Waals surface area contributed by atoms with E-state index in [2.05, 4.69) is 10.1 Å². The molecule has 102 valence electrons. The molecular formula is C15H14ClN3O. The highest BCUT2D eigenvalue weighted by Gasteiger charge is 2.08. The van der Waals surface area contributed by atoms with Crippen molar-refractivity contribution in [1.82, 2.24) is 14.6 Å². The van der Waals surface area contributed by atoms with E-state index in [9.17, 15) is 4.79 Å². The van der Waals surface area contributed by atoms with Crippen molar-refractivity contribution in [3.8, 4) is 11.3 Å². The van der Waals surface area contributed by atoms with Crippen LogP contribution in [0.1, 0.15) is 18.2 Å². The number of nitrogens with one attached hydrogen (secondary N) is 1. The van der Waals surface area contributed by atoms with Crippen molar-refractivity contribution >= 4 is 17.2 Å². The first-order valence-corrected chi connectivity index (χ1v) is 6.84. The first-order chi connectivity index (χ1) is 9.58. The lowest BCUT2D eigenvalue weighted by Crippen LogP contribution is -2.14. The fourth-order valence-electron chi connectivity index (χ4n) is 2.26. The molecule has 0 saturated heterocycles. The van der Waals surface area contributed by atoms with Gasteiger partial charge in [0.15, 0.2) is 5.65 Å². The Morgan fingerprint density at radius 2 is 2.10 bits per heavy atom. The van der Waals surface area contributed by atoms with Gasteiger partial charge in [-0.1, -0.05) is 24.6 Å². The van der Waals surface area contributed by atoms with Gasteiger partial charge in [-0.2, -0.15) is 0 Å². The minimum atomic E-state index is -0.119. The van der Waals surface area contributed by atoms with Gasteiger partial charge in [-0.3, -0.25) is 9.89 Å². The standard InChI is InChI=1S/C15H14ClN3O/c1-3-10-7-11(4-5-12(10)16)13-8-15(20)19-14(17-13)6-9(2)18-19/h4-8,18H,3H2,1-2H3. The summed E-state index contributed by atoms with van der Waals surface area (Å²) in [6, 6.07) is 9.11. The van der Waals surface area contributed by atoms with E-state index in [1.807, 2.05) is 38.1 Å². The van der Waals surface area contributed by atoms with Crippen molar-refractivity contribution in [2.75, 3.05) is 0 Å². The SMILES string of the molecule is CCc1cc(-c2cc(=O)n3[nH]c(C)cc3n2)ccc1Cl. The highest BCUT2D eigenvalue weighted by atomic mass is 35.5. The number of fused-ring (bicyclic) bond motifs is 1. The average Bonchev–Trinajstić information content (AvgIpc) is 2.80. The number of aryl methyl sites for hydroxylation is 2. The van der Waals surface area contributed by atoms with Gasteiger partial charge in [0.2, 0.25) is 0 Å². The Morgan fingerprint density at radius 3 is 2.85 bits per heavy atom. The highest BCUT2D eigenvalue weighted by molar-refractivity contribution is 6.31. The lowest BCUT2D eigenvalue weighted by Gasteiger charge is -2.05. The van der Waals surface area contributed by atoms with Crippen LogP contribution in [0.15, 0.2) is 35.1 Å². The summed E-state index contributed by atoms with van der Waals surface area (Å²) < 4.78 is 1.44. The number of H-pyrrole nitrogens is 1. The average molecular weight is 288 g/mol. The van der Waals surface area contributed by atoms with E-state index in [1.54, 1.807) is 0 Å². The molecular weight excluding hydrogens is 274 g/mol. The minimum Gasteiger partial charge on any atom is -0.294 e. The number of hydrogen-bond donors (Lipinski definition) is 1. The molecule has 0 aliphatic carbocycles. The third-order valence-corrected chi connectivity index (χ3v) is 3.67. The lowest BCUT2D eigenvalue weighted by atomic mass is 10.1. The fourth-order valence-corrected chi connectivity index (χ4v) is 2.52. The molecule has 5 heteroatoms. The van der Waals surface area contributed by atoms with Gasteiger partial charge in [0.1, 0.15) is 0 Å². The predicted molar refractivity (Wildman–Crippen MR) is 80.4 cm³/mol. The van der Waals surface area contributed by atoms with Crippen LogP contribution < -0.4 is 5.56 Å². The van der Waals surface area contributed by atoms with Gasteiger partial charge in [-0.15, -0.1) is 0 Å². The van der Waals surface area contributed by atoms with Crippen molar-refractivity contribution in [2.24, 2.45) is 0 Å². The third-order valence-electron chi connectivity index (χ3n) is 3.30. The zero-order valence-electron chi connectivity index (χ0n) is 11.3. The van der Waals surface area contributed by atoms with Crippen molar-refractivity contribution in [3.63, 3.8) is 0 Å². The van der Waals surface area contributed by atoms with Crippen molar-refractivity contribution in [1.29, 1.82) is 0 Å². The van der Waals surface area contributed by atoms with Gasteiger partial charge in [0.05, 0.1) is 5.69 Å². The molecule has 0 bridgehead atoms. The maximum Gasteiger partial charge on any atom is 0.273 e. The van der Waals surface area contributed by atoms with Crippen LogP contribution >= 0.6 is 11.6 Å². The largest absolute Gasteiger partial charge is 0.294 e. The Kier molecular flexibility index (Phi) is 3.10. The van der Waals surface area contributed by atoms with Crippen LogP contribution in [0.5, 0.6) is 0 Å². The van der Waals surface area contributed by atoms with E-state index in [-0.39, 0.29) is 5.56 Å². The lowest BCUT2D eigenvalue weighted by molar-refractivity contribution is 0.882. The maximum atomic E-state index is 12.1. The number of aromatic amines is 1. The quantitative estimate of drug-likeness (QED) is 0.787. The second kappa shape index (κ2) is 4.80. The molecule has 0 radical (unpaired) electrons. The number of rotatable bonds is 2. The van der Waals surface area contributed by atoms with E-state index in [4.69, 9.17) is 11.6 Å². The molecule has 0 atom stereocenters. The van der Waals surface area contributed by atoms with Gasteiger partial charge < -0.3 is 0 Å². The Labute approximate surface area is 121 Å². The second-order valence-electron chi connectivity index (χ2n) is 4.77. The Balaban J connectivity index is 2.21. The minimum absolute atomic E-state index is 0.119. The Hall–Kier alpha value is -2.07. The van der Waals surface area contributed by atoms with Crippen LogP contribution in [0, 0.1) is 6.92 Å². The predicted octanol–water partition coefficient (Wildman–Crippen LogP) is 3.21. The summed E-state index contributed by atoms with van der Waals surface area (Å²) in [4.78, 5) is 16.6. The van der Waals surface area contributed by atoms with Crippen molar-refractivity contribution < 1.29 is 0 Å². The molecule has 1 aromatic carbocycles. The zero-order chi connectivity index (χ0) is 14.3.